The van der Waals surface area contributed by atoms with Crippen LogP contribution in [0.15, 0.2) is 53.1 Å². The normalized spacial score (nSPS) is 10.6. The number of aryl methyl sites for hydroxylation is 2. The summed E-state index contributed by atoms with van der Waals surface area (Å²) >= 11 is 5.87. The van der Waals surface area contributed by atoms with Gasteiger partial charge in [0.05, 0.1) is 0 Å². The van der Waals surface area contributed by atoms with E-state index in [4.69, 9.17) is 16.1 Å². The SMILES string of the molecule is Cc1cccc(NC(=O)CCCc2nc(-c3ccc(Cl)cc3)no2)c1. The summed E-state index contributed by atoms with van der Waals surface area (Å²) < 4.78 is 5.24. The fourth-order valence-corrected chi connectivity index (χ4v) is 2.55. The van der Waals surface area contributed by atoms with E-state index >= 15 is 0 Å². The molecule has 1 N–H and O–H groups in total. The van der Waals surface area contributed by atoms with Crippen LogP contribution in [0.1, 0.15) is 24.3 Å². The maximum absolute atomic E-state index is 12.0. The predicted octanol–water partition coefficient (Wildman–Crippen LogP) is 4.66. The largest absolute Gasteiger partial charge is 0.339 e. The van der Waals surface area contributed by atoms with E-state index in [1.54, 1.807) is 12.1 Å². The predicted molar refractivity (Wildman–Crippen MR) is 97.5 cm³/mol. The molecule has 0 aliphatic rings. The lowest BCUT2D eigenvalue weighted by atomic mass is 10.2. The van der Waals surface area contributed by atoms with Crippen LogP contribution in [-0.2, 0) is 11.2 Å². The van der Waals surface area contributed by atoms with E-state index in [2.05, 4.69) is 15.5 Å². The zero-order valence-electron chi connectivity index (χ0n) is 13.8. The smallest absolute Gasteiger partial charge is 0.226 e. The van der Waals surface area contributed by atoms with E-state index in [1.165, 1.54) is 0 Å². The van der Waals surface area contributed by atoms with Crippen molar-refractivity contribution in [2.24, 2.45) is 0 Å². The molecule has 0 bridgehead atoms. The molecule has 0 radical (unpaired) electrons. The first-order chi connectivity index (χ1) is 12.1. The van der Waals surface area contributed by atoms with Gasteiger partial charge in [-0.15, -0.1) is 0 Å². The average molecular weight is 356 g/mol. The molecule has 6 heteroatoms. The van der Waals surface area contributed by atoms with Crippen LogP contribution in [0, 0.1) is 6.92 Å². The van der Waals surface area contributed by atoms with Crippen LogP contribution in [0.25, 0.3) is 11.4 Å². The van der Waals surface area contributed by atoms with Gasteiger partial charge in [0, 0.05) is 29.1 Å². The van der Waals surface area contributed by atoms with Crippen LogP contribution >= 0.6 is 11.6 Å². The van der Waals surface area contributed by atoms with Gasteiger partial charge in [-0.25, -0.2) is 0 Å². The van der Waals surface area contributed by atoms with Gasteiger partial charge in [-0.05, 0) is 55.3 Å². The van der Waals surface area contributed by atoms with Gasteiger partial charge in [-0.1, -0.05) is 28.9 Å². The van der Waals surface area contributed by atoms with Gasteiger partial charge in [0.1, 0.15) is 0 Å². The average Bonchev–Trinajstić information content (AvgIpc) is 3.04. The Morgan fingerprint density at radius 2 is 2.00 bits per heavy atom. The van der Waals surface area contributed by atoms with Crippen molar-refractivity contribution in [3.63, 3.8) is 0 Å². The minimum atomic E-state index is -0.0250. The van der Waals surface area contributed by atoms with Crippen molar-refractivity contribution in [2.75, 3.05) is 5.32 Å². The third-order valence-electron chi connectivity index (χ3n) is 3.67. The Balaban J connectivity index is 1.49. The second-order valence-corrected chi connectivity index (χ2v) is 6.23. The van der Waals surface area contributed by atoms with E-state index in [0.29, 0.717) is 36.0 Å². The number of rotatable bonds is 6. The number of hydrogen-bond acceptors (Lipinski definition) is 4. The molecule has 3 rings (SSSR count). The Bertz CT molecular complexity index is 859. The summed E-state index contributed by atoms with van der Waals surface area (Å²) in [5.74, 6) is 1.02. The highest BCUT2D eigenvalue weighted by Crippen LogP contribution is 2.19. The highest BCUT2D eigenvalue weighted by molar-refractivity contribution is 6.30. The van der Waals surface area contributed by atoms with E-state index in [9.17, 15) is 4.79 Å². The van der Waals surface area contributed by atoms with Crippen LogP contribution in [0.5, 0.6) is 0 Å². The number of benzene rings is 2. The fourth-order valence-electron chi connectivity index (χ4n) is 2.42. The quantitative estimate of drug-likeness (QED) is 0.698. The van der Waals surface area contributed by atoms with E-state index in [1.807, 2.05) is 43.3 Å². The number of halogens is 1. The molecule has 1 aromatic heterocycles. The Hall–Kier alpha value is -2.66. The second-order valence-electron chi connectivity index (χ2n) is 5.79. The van der Waals surface area contributed by atoms with Crippen molar-refractivity contribution in [3.05, 3.63) is 65.0 Å². The van der Waals surface area contributed by atoms with E-state index in [-0.39, 0.29) is 5.91 Å². The van der Waals surface area contributed by atoms with Gasteiger partial charge in [0.15, 0.2) is 0 Å². The molecule has 0 fully saturated rings. The lowest BCUT2D eigenvalue weighted by Crippen LogP contribution is -2.11. The van der Waals surface area contributed by atoms with Crippen molar-refractivity contribution < 1.29 is 9.32 Å². The van der Waals surface area contributed by atoms with Crippen molar-refractivity contribution >= 4 is 23.2 Å². The lowest BCUT2D eigenvalue weighted by molar-refractivity contribution is -0.116. The molecule has 0 aliphatic carbocycles. The van der Waals surface area contributed by atoms with Gasteiger partial charge in [-0.3, -0.25) is 4.79 Å². The van der Waals surface area contributed by atoms with Gasteiger partial charge in [0.25, 0.3) is 0 Å². The number of nitrogens with zero attached hydrogens (tertiary/aromatic N) is 2. The van der Waals surface area contributed by atoms with Gasteiger partial charge < -0.3 is 9.84 Å². The molecule has 1 heterocycles. The highest BCUT2D eigenvalue weighted by atomic mass is 35.5. The maximum atomic E-state index is 12.0. The molecular weight excluding hydrogens is 338 g/mol. The van der Waals surface area contributed by atoms with Gasteiger partial charge >= 0.3 is 0 Å². The zero-order valence-corrected chi connectivity index (χ0v) is 14.6. The second kappa shape index (κ2) is 7.94. The number of nitrogens with one attached hydrogen (secondary N) is 1. The maximum Gasteiger partial charge on any atom is 0.226 e. The Morgan fingerprint density at radius 1 is 1.20 bits per heavy atom. The molecule has 128 valence electrons. The first-order valence-corrected chi connectivity index (χ1v) is 8.43. The zero-order chi connectivity index (χ0) is 17.6. The Kier molecular flexibility index (Phi) is 5.46. The summed E-state index contributed by atoms with van der Waals surface area (Å²) in [4.78, 5) is 16.3. The van der Waals surface area contributed by atoms with Crippen molar-refractivity contribution in [1.82, 2.24) is 10.1 Å². The summed E-state index contributed by atoms with van der Waals surface area (Å²) in [5, 5.41) is 7.51. The Morgan fingerprint density at radius 3 is 2.76 bits per heavy atom. The Labute approximate surface area is 151 Å². The van der Waals surface area contributed by atoms with Crippen LogP contribution < -0.4 is 5.32 Å². The molecule has 0 saturated heterocycles. The van der Waals surface area contributed by atoms with Crippen molar-refractivity contribution in [3.8, 4) is 11.4 Å². The summed E-state index contributed by atoms with van der Waals surface area (Å²) in [6, 6.07) is 15.0. The first-order valence-electron chi connectivity index (χ1n) is 8.05. The molecule has 2 aromatic carbocycles. The first kappa shape index (κ1) is 17.2. The highest BCUT2D eigenvalue weighted by Gasteiger charge is 2.10. The minimum Gasteiger partial charge on any atom is -0.339 e. The monoisotopic (exact) mass is 355 g/mol. The third kappa shape index (κ3) is 4.90. The summed E-state index contributed by atoms with van der Waals surface area (Å²) in [6.07, 6.45) is 1.59. The molecule has 0 saturated carbocycles. The van der Waals surface area contributed by atoms with Crippen molar-refractivity contribution in [1.29, 1.82) is 0 Å². The summed E-state index contributed by atoms with van der Waals surface area (Å²) in [6.45, 7) is 1.99. The molecule has 25 heavy (non-hydrogen) atoms. The molecular formula is C19H18ClN3O2. The molecule has 5 nitrogen and oxygen atoms in total. The number of carbonyl (C=O) groups is 1. The molecule has 3 aromatic rings. The third-order valence-corrected chi connectivity index (χ3v) is 3.92. The summed E-state index contributed by atoms with van der Waals surface area (Å²) in [5.41, 5.74) is 2.77. The van der Waals surface area contributed by atoms with Crippen LogP contribution in [0.2, 0.25) is 5.02 Å². The number of amides is 1. The molecule has 0 spiro atoms. The lowest BCUT2D eigenvalue weighted by Gasteiger charge is -2.05. The van der Waals surface area contributed by atoms with Gasteiger partial charge in [0.2, 0.25) is 17.6 Å². The van der Waals surface area contributed by atoms with Crippen LogP contribution in [0.3, 0.4) is 0 Å². The number of aromatic nitrogens is 2. The molecule has 0 unspecified atom stereocenters. The number of carbonyl (C=O) groups excluding carboxylic acids is 1. The minimum absolute atomic E-state index is 0.0250. The standard InChI is InChI=1S/C19H18ClN3O2/c1-13-4-2-5-16(12-13)21-17(24)6-3-7-18-22-19(23-25-18)14-8-10-15(20)11-9-14/h2,4-5,8-12H,3,6-7H2,1H3,(H,21,24). The van der Waals surface area contributed by atoms with Crippen LogP contribution in [0.4, 0.5) is 5.69 Å². The molecule has 1 amide bonds. The molecule has 0 atom stereocenters. The van der Waals surface area contributed by atoms with E-state index < -0.39 is 0 Å². The van der Waals surface area contributed by atoms with Crippen molar-refractivity contribution in [2.45, 2.75) is 26.2 Å². The molecule has 0 aliphatic heterocycles. The van der Waals surface area contributed by atoms with Gasteiger partial charge in [-0.2, -0.15) is 4.98 Å². The van der Waals surface area contributed by atoms with E-state index in [0.717, 1.165) is 16.8 Å². The summed E-state index contributed by atoms with van der Waals surface area (Å²) in [7, 11) is 0. The van der Waals surface area contributed by atoms with Crippen LogP contribution in [-0.4, -0.2) is 16.0 Å². The number of hydrogen-bond donors (Lipinski definition) is 1. The topological polar surface area (TPSA) is 68.0 Å². The number of anilines is 1. The fraction of sp³-hybridized carbons (Fsp3) is 0.211.